The fourth-order valence-corrected chi connectivity index (χ4v) is 2.64. The maximum Gasteiger partial charge on any atom is 0.118 e. The van der Waals surface area contributed by atoms with Crippen LogP contribution in [-0.2, 0) is 0 Å². The minimum atomic E-state index is -0.0501. The first-order valence-corrected chi connectivity index (χ1v) is 6.91. The van der Waals surface area contributed by atoms with Gasteiger partial charge in [-0.25, -0.2) is 9.97 Å². The number of ether oxygens (including phenoxy) is 1. The van der Waals surface area contributed by atoms with E-state index in [4.69, 9.17) is 10.5 Å². The van der Waals surface area contributed by atoms with Crippen molar-refractivity contribution < 1.29 is 4.74 Å². The summed E-state index contributed by atoms with van der Waals surface area (Å²) >= 11 is 1.65. The molecule has 0 radical (unpaired) electrons. The van der Waals surface area contributed by atoms with Crippen LogP contribution in [0.3, 0.4) is 0 Å². The largest absolute Gasteiger partial charge is 0.497 e. The molecule has 1 aromatic heterocycles. The molecule has 0 aliphatic carbocycles. The molecule has 100 valence electrons. The lowest BCUT2D eigenvalue weighted by atomic mass is 10.1. The number of thioether (sulfide) groups is 1. The Morgan fingerprint density at radius 1 is 1.21 bits per heavy atom. The first-order chi connectivity index (χ1) is 9.20. The van der Waals surface area contributed by atoms with E-state index in [-0.39, 0.29) is 11.3 Å². The van der Waals surface area contributed by atoms with Crippen molar-refractivity contribution in [2.24, 2.45) is 5.73 Å². The Kier molecular flexibility index (Phi) is 4.76. The zero-order valence-electron chi connectivity index (χ0n) is 11.0. The van der Waals surface area contributed by atoms with Crippen LogP contribution in [0, 0.1) is 0 Å². The van der Waals surface area contributed by atoms with Crippen molar-refractivity contribution in [1.29, 1.82) is 0 Å². The summed E-state index contributed by atoms with van der Waals surface area (Å²) in [6.07, 6.45) is 3.29. The zero-order chi connectivity index (χ0) is 13.7. The van der Waals surface area contributed by atoms with E-state index < -0.39 is 0 Å². The van der Waals surface area contributed by atoms with Crippen molar-refractivity contribution >= 4 is 11.8 Å². The predicted octanol–water partition coefficient (Wildman–Crippen LogP) is 2.67. The van der Waals surface area contributed by atoms with Crippen molar-refractivity contribution in [1.82, 2.24) is 9.97 Å². The molecule has 2 unspecified atom stereocenters. The quantitative estimate of drug-likeness (QED) is 0.671. The normalized spacial score (nSPS) is 13.8. The van der Waals surface area contributed by atoms with Gasteiger partial charge >= 0.3 is 0 Å². The number of rotatable bonds is 5. The molecule has 1 heterocycles. The van der Waals surface area contributed by atoms with E-state index in [1.54, 1.807) is 31.4 Å². The SMILES string of the molecule is COc1ccc(C(N)C(C)Sc2ccncn2)cc1. The van der Waals surface area contributed by atoms with Crippen molar-refractivity contribution in [2.45, 2.75) is 23.2 Å². The summed E-state index contributed by atoms with van der Waals surface area (Å²) in [7, 11) is 1.66. The zero-order valence-corrected chi connectivity index (χ0v) is 11.8. The molecule has 0 fully saturated rings. The van der Waals surface area contributed by atoms with Crippen molar-refractivity contribution in [2.75, 3.05) is 7.11 Å². The van der Waals surface area contributed by atoms with E-state index in [1.165, 1.54) is 0 Å². The van der Waals surface area contributed by atoms with Gasteiger partial charge in [-0.3, -0.25) is 0 Å². The molecule has 0 aliphatic heterocycles. The van der Waals surface area contributed by atoms with Crippen molar-refractivity contribution in [3.8, 4) is 5.75 Å². The molecule has 2 aromatic rings. The first-order valence-electron chi connectivity index (χ1n) is 6.03. The van der Waals surface area contributed by atoms with Crippen molar-refractivity contribution in [3.05, 3.63) is 48.4 Å². The lowest BCUT2D eigenvalue weighted by Crippen LogP contribution is -2.21. The average molecular weight is 275 g/mol. The molecule has 0 bridgehead atoms. The van der Waals surface area contributed by atoms with Gasteiger partial charge in [0, 0.05) is 17.5 Å². The summed E-state index contributed by atoms with van der Waals surface area (Å²) in [5.41, 5.74) is 7.37. The fraction of sp³-hybridized carbons (Fsp3) is 0.286. The molecule has 0 spiro atoms. The van der Waals surface area contributed by atoms with E-state index in [0.29, 0.717) is 0 Å². The molecular formula is C14H17N3OS. The third-order valence-electron chi connectivity index (χ3n) is 2.87. The van der Waals surface area contributed by atoms with E-state index in [2.05, 4.69) is 16.9 Å². The van der Waals surface area contributed by atoms with Crippen LogP contribution in [-0.4, -0.2) is 22.3 Å². The second kappa shape index (κ2) is 6.54. The molecule has 2 atom stereocenters. The van der Waals surface area contributed by atoms with Gasteiger partial charge in [0.25, 0.3) is 0 Å². The summed E-state index contributed by atoms with van der Waals surface area (Å²) in [5, 5.41) is 1.16. The van der Waals surface area contributed by atoms with Gasteiger partial charge in [0.05, 0.1) is 12.1 Å². The number of hydrogen-bond acceptors (Lipinski definition) is 5. The summed E-state index contributed by atoms with van der Waals surface area (Å²) in [4.78, 5) is 8.10. The third kappa shape index (κ3) is 3.68. The Hall–Kier alpha value is -1.59. The number of methoxy groups -OCH3 is 1. The Morgan fingerprint density at radius 3 is 2.53 bits per heavy atom. The van der Waals surface area contributed by atoms with Gasteiger partial charge in [-0.2, -0.15) is 0 Å². The standard InChI is InChI=1S/C14H17N3OS/c1-10(19-13-7-8-16-9-17-13)14(15)11-3-5-12(18-2)6-4-11/h3-10,14H,15H2,1-2H3. The van der Waals surface area contributed by atoms with E-state index >= 15 is 0 Å². The maximum absolute atomic E-state index is 6.27. The third-order valence-corrected chi connectivity index (χ3v) is 4.02. The number of benzene rings is 1. The van der Waals surface area contributed by atoms with Crippen LogP contribution in [0.4, 0.5) is 0 Å². The minimum absolute atomic E-state index is 0.0501. The Bertz CT molecular complexity index is 504. The predicted molar refractivity (Wildman–Crippen MR) is 77.3 cm³/mol. The highest BCUT2D eigenvalue weighted by molar-refractivity contribution is 7.99. The van der Waals surface area contributed by atoms with Crippen LogP contribution in [0.2, 0.25) is 0 Å². The molecule has 5 heteroatoms. The van der Waals surface area contributed by atoms with E-state index in [0.717, 1.165) is 16.3 Å². The van der Waals surface area contributed by atoms with Crippen LogP contribution in [0.25, 0.3) is 0 Å². The topological polar surface area (TPSA) is 61.0 Å². The molecule has 0 saturated carbocycles. The number of aromatic nitrogens is 2. The lowest BCUT2D eigenvalue weighted by molar-refractivity contribution is 0.414. The van der Waals surface area contributed by atoms with Gasteiger partial charge < -0.3 is 10.5 Å². The van der Waals surface area contributed by atoms with Crippen LogP contribution in [0.15, 0.2) is 47.9 Å². The Morgan fingerprint density at radius 2 is 1.95 bits per heavy atom. The van der Waals surface area contributed by atoms with Gasteiger partial charge in [-0.1, -0.05) is 19.1 Å². The Balaban J connectivity index is 2.03. The van der Waals surface area contributed by atoms with Gasteiger partial charge in [0.2, 0.25) is 0 Å². The molecule has 19 heavy (non-hydrogen) atoms. The van der Waals surface area contributed by atoms with Crippen LogP contribution in [0.5, 0.6) is 5.75 Å². The molecule has 0 amide bonds. The summed E-state index contributed by atoms with van der Waals surface area (Å²) in [5.74, 6) is 0.840. The highest BCUT2D eigenvalue weighted by Gasteiger charge is 2.16. The van der Waals surface area contributed by atoms with Gasteiger partial charge in [-0.05, 0) is 23.8 Å². The van der Waals surface area contributed by atoms with Crippen LogP contribution >= 0.6 is 11.8 Å². The van der Waals surface area contributed by atoms with Crippen LogP contribution in [0.1, 0.15) is 18.5 Å². The van der Waals surface area contributed by atoms with Gasteiger partial charge in [0.15, 0.2) is 0 Å². The highest BCUT2D eigenvalue weighted by Crippen LogP contribution is 2.29. The average Bonchev–Trinajstić information content (AvgIpc) is 2.47. The molecule has 2 N–H and O–H groups in total. The summed E-state index contributed by atoms with van der Waals surface area (Å²) < 4.78 is 5.14. The molecular weight excluding hydrogens is 258 g/mol. The smallest absolute Gasteiger partial charge is 0.118 e. The molecule has 1 aromatic carbocycles. The highest BCUT2D eigenvalue weighted by atomic mass is 32.2. The number of hydrogen-bond donors (Lipinski definition) is 1. The second-order valence-corrected chi connectivity index (χ2v) is 5.57. The van der Waals surface area contributed by atoms with E-state index in [1.807, 2.05) is 30.3 Å². The van der Waals surface area contributed by atoms with Gasteiger partial charge in [-0.15, -0.1) is 11.8 Å². The summed E-state index contributed by atoms with van der Waals surface area (Å²) in [6, 6.07) is 9.70. The van der Waals surface area contributed by atoms with E-state index in [9.17, 15) is 0 Å². The minimum Gasteiger partial charge on any atom is -0.497 e. The molecule has 0 aliphatic rings. The summed E-state index contributed by atoms with van der Waals surface area (Å²) in [6.45, 7) is 2.10. The number of nitrogens with zero attached hydrogens (tertiary/aromatic N) is 2. The second-order valence-electron chi connectivity index (χ2n) is 4.17. The van der Waals surface area contributed by atoms with Crippen LogP contribution < -0.4 is 10.5 Å². The van der Waals surface area contributed by atoms with Crippen molar-refractivity contribution in [3.63, 3.8) is 0 Å². The maximum atomic E-state index is 6.27. The molecule has 2 rings (SSSR count). The number of nitrogens with two attached hydrogens (primary N) is 1. The molecule has 4 nitrogen and oxygen atoms in total. The fourth-order valence-electron chi connectivity index (χ4n) is 1.71. The Labute approximate surface area is 117 Å². The molecule has 0 saturated heterocycles. The first kappa shape index (κ1) is 13.8. The lowest BCUT2D eigenvalue weighted by Gasteiger charge is -2.19. The monoisotopic (exact) mass is 275 g/mol. The van der Waals surface area contributed by atoms with Gasteiger partial charge in [0.1, 0.15) is 12.1 Å².